The predicted molar refractivity (Wildman–Crippen MR) is 211 cm³/mol. The summed E-state index contributed by atoms with van der Waals surface area (Å²) in [6.07, 6.45) is 0. The minimum absolute atomic E-state index is 1.15. The van der Waals surface area contributed by atoms with Crippen molar-refractivity contribution in [2.24, 2.45) is 0 Å². The number of hydrogen-bond acceptors (Lipinski definition) is 0. The highest BCUT2D eigenvalue weighted by atomic mass is 15.0. The van der Waals surface area contributed by atoms with Crippen LogP contribution < -0.4 is 0 Å². The van der Waals surface area contributed by atoms with Gasteiger partial charge in [0.25, 0.3) is 0 Å². The lowest BCUT2D eigenvalue weighted by Gasteiger charge is -2.12. The maximum atomic E-state index is 2.44. The zero-order valence-electron chi connectivity index (χ0n) is 27.4. The predicted octanol–water partition coefficient (Wildman–Crippen LogP) is 12.9. The fourth-order valence-electron chi connectivity index (χ4n) is 7.87. The molecule has 8 aromatic carbocycles. The monoisotopic (exact) mass is 636 g/mol. The summed E-state index contributed by atoms with van der Waals surface area (Å²) in [6, 6.07) is 70.4. The quantitative estimate of drug-likeness (QED) is 0.178. The molecular formula is C48H32N2. The highest BCUT2D eigenvalue weighted by Gasteiger charge is 2.19. The van der Waals surface area contributed by atoms with Crippen LogP contribution in [0.5, 0.6) is 0 Å². The van der Waals surface area contributed by atoms with Gasteiger partial charge in [0.2, 0.25) is 0 Å². The molecule has 0 bridgehead atoms. The second-order valence-electron chi connectivity index (χ2n) is 13.0. The van der Waals surface area contributed by atoms with Crippen LogP contribution in [0.4, 0.5) is 0 Å². The molecule has 0 spiro atoms. The van der Waals surface area contributed by atoms with Crippen LogP contribution in [0.2, 0.25) is 0 Å². The third-order valence-electron chi connectivity index (χ3n) is 10.1. The molecule has 0 saturated carbocycles. The first-order valence-corrected chi connectivity index (χ1v) is 17.2. The largest absolute Gasteiger partial charge is 0.309 e. The molecule has 0 amide bonds. The van der Waals surface area contributed by atoms with E-state index >= 15 is 0 Å². The van der Waals surface area contributed by atoms with Crippen LogP contribution in [-0.2, 0) is 0 Å². The molecule has 10 rings (SSSR count). The Balaban J connectivity index is 1.18. The Kier molecular flexibility index (Phi) is 6.53. The Morgan fingerprint density at radius 1 is 0.260 bits per heavy atom. The van der Waals surface area contributed by atoms with Gasteiger partial charge in [0, 0.05) is 32.9 Å². The van der Waals surface area contributed by atoms with E-state index in [0.717, 1.165) is 11.4 Å². The normalized spacial score (nSPS) is 11.6. The summed E-state index contributed by atoms with van der Waals surface area (Å²) in [6.45, 7) is 0. The van der Waals surface area contributed by atoms with Crippen molar-refractivity contribution >= 4 is 43.6 Å². The average molecular weight is 637 g/mol. The van der Waals surface area contributed by atoms with Crippen molar-refractivity contribution in [3.8, 4) is 44.8 Å². The molecule has 0 unspecified atom stereocenters. The van der Waals surface area contributed by atoms with E-state index in [4.69, 9.17) is 0 Å². The number of nitrogens with zero attached hydrogens (tertiary/aromatic N) is 2. The molecule has 2 aromatic heterocycles. The summed E-state index contributed by atoms with van der Waals surface area (Å²) in [7, 11) is 0. The molecule has 0 fully saturated rings. The summed E-state index contributed by atoms with van der Waals surface area (Å²) in [4.78, 5) is 0. The Morgan fingerprint density at radius 3 is 1.52 bits per heavy atom. The van der Waals surface area contributed by atoms with Gasteiger partial charge in [-0.25, -0.2) is 0 Å². The van der Waals surface area contributed by atoms with E-state index in [0.29, 0.717) is 0 Å². The molecule has 2 heteroatoms. The van der Waals surface area contributed by atoms with Crippen LogP contribution in [0.1, 0.15) is 0 Å². The lowest BCUT2D eigenvalue weighted by atomic mass is 9.96. The lowest BCUT2D eigenvalue weighted by Crippen LogP contribution is -1.96. The minimum Gasteiger partial charge on any atom is -0.309 e. The summed E-state index contributed by atoms with van der Waals surface area (Å²) in [5.74, 6) is 0. The lowest BCUT2D eigenvalue weighted by molar-refractivity contribution is 1.17. The average Bonchev–Trinajstić information content (AvgIpc) is 3.71. The molecule has 0 aliphatic rings. The molecule has 2 heterocycles. The van der Waals surface area contributed by atoms with Gasteiger partial charge in [0.15, 0.2) is 0 Å². The van der Waals surface area contributed by atoms with Crippen LogP contribution >= 0.6 is 0 Å². The van der Waals surface area contributed by atoms with Crippen molar-refractivity contribution in [3.63, 3.8) is 0 Å². The number of benzene rings is 8. The van der Waals surface area contributed by atoms with E-state index in [-0.39, 0.29) is 0 Å². The topological polar surface area (TPSA) is 9.86 Å². The van der Waals surface area contributed by atoms with E-state index in [1.165, 1.54) is 77.0 Å². The Bertz CT molecular complexity index is 2860. The fourth-order valence-corrected chi connectivity index (χ4v) is 7.87. The molecule has 2 nitrogen and oxygen atoms in total. The molecule has 50 heavy (non-hydrogen) atoms. The van der Waals surface area contributed by atoms with Gasteiger partial charge in [-0.2, -0.15) is 0 Å². The fraction of sp³-hybridized carbons (Fsp3) is 0. The van der Waals surface area contributed by atoms with Crippen LogP contribution in [0.3, 0.4) is 0 Å². The van der Waals surface area contributed by atoms with Gasteiger partial charge in [-0.1, -0.05) is 140 Å². The van der Waals surface area contributed by atoms with Gasteiger partial charge in [0.1, 0.15) is 0 Å². The van der Waals surface area contributed by atoms with Gasteiger partial charge in [0.05, 0.1) is 22.1 Å². The summed E-state index contributed by atoms with van der Waals surface area (Å²) >= 11 is 0. The van der Waals surface area contributed by atoms with E-state index in [2.05, 4.69) is 203 Å². The van der Waals surface area contributed by atoms with Crippen molar-refractivity contribution in [2.75, 3.05) is 0 Å². The standard InChI is InChI=1S/C48H32N2/c1-3-14-33(15-4-1)35-18-11-20-37(30-35)40-24-13-27-47-48(40)42-23-8-10-26-45(42)50(47)39-28-29-46-43(32-39)41-22-7-9-25-44(41)49(46)38-21-12-19-36(31-38)34-16-5-2-6-17-34/h1-32H. The second-order valence-corrected chi connectivity index (χ2v) is 13.0. The number of rotatable bonds is 5. The van der Waals surface area contributed by atoms with Gasteiger partial charge in [-0.3, -0.25) is 0 Å². The Hall–Kier alpha value is -6.64. The molecule has 0 radical (unpaired) electrons. The van der Waals surface area contributed by atoms with Crippen molar-refractivity contribution < 1.29 is 0 Å². The van der Waals surface area contributed by atoms with Crippen molar-refractivity contribution in [1.29, 1.82) is 0 Å². The summed E-state index contributed by atoms with van der Waals surface area (Å²) in [5.41, 5.74) is 14.4. The van der Waals surface area contributed by atoms with Gasteiger partial charge >= 0.3 is 0 Å². The van der Waals surface area contributed by atoms with E-state index < -0.39 is 0 Å². The zero-order valence-corrected chi connectivity index (χ0v) is 27.4. The number of fused-ring (bicyclic) bond motifs is 6. The van der Waals surface area contributed by atoms with Crippen LogP contribution in [0, 0.1) is 0 Å². The molecule has 0 aliphatic carbocycles. The van der Waals surface area contributed by atoms with E-state index in [9.17, 15) is 0 Å². The van der Waals surface area contributed by atoms with Crippen molar-refractivity contribution in [3.05, 3.63) is 194 Å². The molecule has 0 aliphatic heterocycles. The van der Waals surface area contributed by atoms with Gasteiger partial charge in [-0.15, -0.1) is 0 Å². The van der Waals surface area contributed by atoms with Crippen molar-refractivity contribution in [1.82, 2.24) is 9.13 Å². The van der Waals surface area contributed by atoms with Crippen LogP contribution in [0.25, 0.3) is 88.4 Å². The highest BCUT2D eigenvalue weighted by Crippen LogP contribution is 2.41. The highest BCUT2D eigenvalue weighted by molar-refractivity contribution is 6.16. The minimum atomic E-state index is 1.15. The number of para-hydroxylation sites is 2. The third kappa shape index (κ3) is 4.50. The SMILES string of the molecule is c1ccc(-c2cccc(-c3cccc4c3c3ccccc3n4-c3ccc4c(c3)c3ccccc3n4-c3cccc(-c4ccccc4)c3)c2)cc1. The Labute approximate surface area is 290 Å². The molecule has 0 saturated heterocycles. The maximum absolute atomic E-state index is 2.44. The first kappa shape index (κ1) is 28.4. The van der Waals surface area contributed by atoms with E-state index in [1.54, 1.807) is 0 Å². The molecule has 0 N–H and O–H groups in total. The van der Waals surface area contributed by atoms with Crippen molar-refractivity contribution in [2.45, 2.75) is 0 Å². The van der Waals surface area contributed by atoms with Gasteiger partial charge in [-0.05, 0) is 88.0 Å². The molecule has 10 aromatic rings. The Morgan fingerprint density at radius 2 is 0.760 bits per heavy atom. The molecule has 234 valence electrons. The molecular weight excluding hydrogens is 605 g/mol. The van der Waals surface area contributed by atoms with Gasteiger partial charge < -0.3 is 9.13 Å². The summed E-state index contributed by atoms with van der Waals surface area (Å²) < 4.78 is 4.85. The summed E-state index contributed by atoms with van der Waals surface area (Å²) in [5, 5.41) is 5.01. The smallest absolute Gasteiger partial charge is 0.0547 e. The van der Waals surface area contributed by atoms with Crippen LogP contribution in [0.15, 0.2) is 194 Å². The number of aromatic nitrogens is 2. The molecule has 0 atom stereocenters. The zero-order chi connectivity index (χ0) is 33.0. The third-order valence-corrected chi connectivity index (χ3v) is 10.1. The van der Waals surface area contributed by atoms with E-state index in [1.807, 2.05) is 0 Å². The van der Waals surface area contributed by atoms with Crippen LogP contribution in [-0.4, -0.2) is 9.13 Å². The first-order valence-electron chi connectivity index (χ1n) is 17.2. The maximum Gasteiger partial charge on any atom is 0.0547 e. The first-order chi connectivity index (χ1) is 24.8. The number of hydrogen-bond donors (Lipinski definition) is 0. The second kappa shape index (κ2) is 11.5.